The molecule has 6 nitrogen and oxygen atoms in total. The lowest BCUT2D eigenvalue weighted by Crippen LogP contribution is -2.30. The van der Waals surface area contributed by atoms with E-state index in [2.05, 4.69) is 5.32 Å². The molecule has 0 aromatic heterocycles. The highest BCUT2D eigenvalue weighted by molar-refractivity contribution is 8.00. The number of esters is 1. The number of carbonyl (C=O) groups excluding carboxylic acids is 3. The first-order chi connectivity index (χ1) is 16.0. The van der Waals surface area contributed by atoms with Gasteiger partial charge in [-0.05, 0) is 49.2 Å². The molecule has 0 saturated carbocycles. The number of thioether (sulfide) groups is 1. The number of nitrogens with one attached hydrogen (secondary N) is 1. The van der Waals surface area contributed by atoms with Crippen molar-refractivity contribution in [1.29, 1.82) is 0 Å². The van der Waals surface area contributed by atoms with Crippen LogP contribution in [0.1, 0.15) is 21.5 Å². The number of benzene rings is 3. The fraction of sp³-hybridized carbons (Fsp3) is 0.192. The summed E-state index contributed by atoms with van der Waals surface area (Å²) in [5.74, 6) is -0.825. The molecule has 1 aliphatic rings. The highest BCUT2D eigenvalue weighted by atomic mass is 32.2. The Bertz CT molecular complexity index is 1180. The summed E-state index contributed by atoms with van der Waals surface area (Å²) in [4.78, 5) is 40.0. The van der Waals surface area contributed by atoms with Crippen molar-refractivity contribution >= 4 is 40.9 Å². The summed E-state index contributed by atoms with van der Waals surface area (Å²) < 4.78 is 5.22. The molecule has 0 fully saturated rings. The molecule has 1 aliphatic heterocycles. The number of amides is 2. The summed E-state index contributed by atoms with van der Waals surface area (Å²) in [7, 11) is 0. The fourth-order valence-electron chi connectivity index (χ4n) is 3.62. The topological polar surface area (TPSA) is 75.7 Å². The van der Waals surface area contributed by atoms with Gasteiger partial charge in [0.2, 0.25) is 5.91 Å². The van der Waals surface area contributed by atoms with Gasteiger partial charge in [0.05, 0.1) is 11.3 Å². The van der Waals surface area contributed by atoms with Crippen LogP contribution in [0.25, 0.3) is 0 Å². The number of hydrogen-bond donors (Lipinski definition) is 1. The third-order valence-corrected chi connectivity index (χ3v) is 6.37. The largest absolute Gasteiger partial charge is 0.452 e. The van der Waals surface area contributed by atoms with Crippen molar-refractivity contribution in [2.24, 2.45) is 0 Å². The minimum Gasteiger partial charge on any atom is -0.452 e. The average Bonchev–Trinajstić information content (AvgIpc) is 3.27. The molecule has 7 heteroatoms. The SMILES string of the molecule is Cc1ccc(NC(=O)COC(=O)c2ccccc2SCC(=O)N2CCc3ccccc32)cc1. The quantitative estimate of drug-likeness (QED) is 0.416. The van der Waals surface area contributed by atoms with Crippen LogP contribution in [0.15, 0.2) is 77.7 Å². The van der Waals surface area contributed by atoms with Gasteiger partial charge in [-0.3, -0.25) is 9.59 Å². The molecule has 1 heterocycles. The van der Waals surface area contributed by atoms with Gasteiger partial charge in [-0.25, -0.2) is 4.79 Å². The summed E-state index contributed by atoms with van der Waals surface area (Å²) in [6.45, 7) is 2.23. The van der Waals surface area contributed by atoms with Crippen LogP contribution in [0.3, 0.4) is 0 Å². The maximum absolute atomic E-state index is 12.8. The summed E-state index contributed by atoms with van der Waals surface area (Å²) in [5, 5.41) is 2.70. The van der Waals surface area contributed by atoms with Gasteiger partial charge < -0.3 is 15.0 Å². The van der Waals surface area contributed by atoms with Crippen molar-refractivity contribution in [2.45, 2.75) is 18.2 Å². The standard InChI is InChI=1S/C26H24N2O4S/c1-18-10-12-20(13-11-18)27-24(29)16-32-26(31)21-7-3-5-9-23(21)33-17-25(30)28-15-14-19-6-2-4-8-22(19)28/h2-13H,14-17H2,1H3,(H,27,29). The first kappa shape index (κ1) is 22.6. The molecule has 0 aliphatic carbocycles. The van der Waals surface area contributed by atoms with Crippen LogP contribution in [-0.2, 0) is 20.7 Å². The maximum Gasteiger partial charge on any atom is 0.339 e. The van der Waals surface area contributed by atoms with Crippen molar-refractivity contribution in [1.82, 2.24) is 0 Å². The average molecular weight is 461 g/mol. The van der Waals surface area contributed by atoms with Crippen molar-refractivity contribution in [3.63, 3.8) is 0 Å². The highest BCUT2D eigenvalue weighted by Crippen LogP contribution is 2.30. The van der Waals surface area contributed by atoms with Crippen molar-refractivity contribution in [3.8, 4) is 0 Å². The van der Waals surface area contributed by atoms with E-state index < -0.39 is 18.5 Å². The first-order valence-electron chi connectivity index (χ1n) is 10.6. The van der Waals surface area contributed by atoms with Gasteiger partial charge >= 0.3 is 5.97 Å². The van der Waals surface area contributed by atoms with Crippen LogP contribution >= 0.6 is 11.8 Å². The second-order valence-electron chi connectivity index (χ2n) is 7.70. The number of nitrogens with zero attached hydrogens (tertiary/aromatic N) is 1. The lowest BCUT2D eigenvalue weighted by molar-refractivity contribution is -0.119. The third kappa shape index (κ3) is 5.62. The number of aryl methyl sites for hydroxylation is 1. The highest BCUT2D eigenvalue weighted by Gasteiger charge is 2.24. The summed E-state index contributed by atoms with van der Waals surface area (Å²) in [6, 6.07) is 22.2. The van der Waals surface area contributed by atoms with E-state index in [0.29, 0.717) is 22.7 Å². The van der Waals surface area contributed by atoms with Crippen molar-refractivity contribution < 1.29 is 19.1 Å². The number of para-hydroxylation sites is 1. The van der Waals surface area contributed by atoms with E-state index in [4.69, 9.17) is 4.74 Å². The van der Waals surface area contributed by atoms with E-state index in [9.17, 15) is 14.4 Å². The predicted octanol–water partition coefficient (Wildman–Crippen LogP) is 4.47. The molecule has 33 heavy (non-hydrogen) atoms. The Morgan fingerprint density at radius 3 is 2.52 bits per heavy atom. The van der Waals surface area contributed by atoms with Crippen LogP contribution in [0.5, 0.6) is 0 Å². The molecule has 0 spiro atoms. The second kappa shape index (κ2) is 10.4. The summed E-state index contributed by atoms with van der Waals surface area (Å²) >= 11 is 1.29. The lowest BCUT2D eigenvalue weighted by Gasteiger charge is -2.17. The smallest absolute Gasteiger partial charge is 0.339 e. The zero-order valence-electron chi connectivity index (χ0n) is 18.2. The van der Waals surface area contributed by atoms with E-state index in [-0.39, 0.29) is 11.7 Å². The maximum atomic E-state index is 12.8. The minimum atomic E-state index is -0.601. The molecule has 1 N–H and O–H groups in total. The van der Waals surface area contributed by atoms with Crippen LogP contribution in [-0.4, -0.2) is 36.7 Å². The normalized spacial score (nSPS) is 12.2. The molecule has 0 saturated heterocycles. The molecule has 0 bridgehead atoms. The van der Waals surface area contributed by atoms with E-state index in [0.717, 1.165) is 17.7 Å². The number of ether oxygens (including phenoxy) is 1. The van der Waals surface area contributed by atoms with Gasteiger partial charge in [-0.1, -0.05) is 48.0 Å². The summed E-state index contributed by atoms with van der Waals surface area (Å²) in [5.41, 5.74) is 4.18. The molecule has 2 amide bonds. The Labute approximate surface area is 196 Å². The van der Waals surface area contributed by atoms with Crippen molar-refractivity contribution in [2.75, 3.05) is 29.1 Å². The molecule has 0 atom stereocenters. The van der Waals surface area contributed by atoms with E-state index in [1.807, 2.05) is 43.3 Å². The Hall–Kier alpha value is -3.58. The number of anilines is 2. The van der Waals surface area contributed by atoms with Crippen LogP contribution in [0.2, 0.25) is 0 Å². The number of fused-ring (bicyclic) bond motifs is 1. The number of rotatable bonds is 7. The van der Waals surface area contributed by atoms with Gasteiger partial charge in [0.25, 0.3) is 5.91 Å². The third-order valence-electron chi connectivity index (χ3n) is 5.32. The zero-order chi connectivity index (χ0) is 23.2. The van der Waals surface area contributed by atoms with Gasteiger partial charge in [0, 0.05) is 22.8 Å². The zero-order valence-corrected chi connectivity index (χ0v) is 19.1. The van der Waals surface area contributed by atoms with E-state index >= 15 is 0 Å². The molecule has 3 aromatic rings. The molecular weight excluding hydrogens is 436 g/mol. The van der Waals surface area contributed by atoms with Gasteiger partial charge in [0.1, 0.15) is 0 Å². The van der Waals surface area contributed by atoms with E-state index in [1.54, 1.807) is 41.3 Å². The predicted molar refractivity (Wildman–Crippen MR) is 130 cm³/mol. The van der Waals surface area contributed by atoms with Crippen LogP contribution in [0, 0.1) is 6.92 Å². The van der Waals surface area contributed by atoms with Gasteiger partial charge in [0.15, 0.2) is 6.61 Å². The monoisotopic (exact) mass is 460 g/mol. The minimum absolute atomic E-state index is 0.00871. The lowest BCUT2D eigenvalue weighted by atomic mass is 10.2. The van der Waals surface area contributed by atoms with Gasteiger partial charge in [-0.2, -0.15) is 0 Å². The van der Waals surface area contributed by atoms with Crippen LogP contribution in [0.4, 0.5) is 11.4 Å². The second-order valence-corrected chi connectivity index (χ2v) is 8.72. The molecular formula is C26H24N2O4S. The van der Waals surface area contributed by atoms with E-state index in [1.165, 1.54) is 17.3 Å². The fourth-order valence-corrected chi connectivity index (χ4v) is 4.54. The van der Waals surface area contributed by atoms with Crippen molar-refractivity contribution in [3.05, 3.63) is 89.5 Å². The molecule has 3 aromatic carbocycles. The molecule has 0 unspecified atom stereocenters. The molecule has 4 rings (SSSR count). The Morgan fingerprint density at radius 2 is 1.70 bits per heavy atom. The number of hydrogen-bond acceptors (Lipinski definition) is 5. The Balaban J connectivity index is 1.33. The van der Waals surface area contributed by atoms with Gasteiger partial charge in [-0.15, -0.1) is 11.8 Å². The number of carbonyl (C=O) groups is 3. The Kier molecular flexibility index (Phi) is 7.10. The summed E-state index contributed by atoms with van der Waals surface area (Å²) in [6.07, 6.45) is 0.847. The first-order valence-corrected chi connectivity index (χ1v) is 11.6. The Morgan fingerprint density at radius 1 is 0.970 bits per heavy atom. The molecule has 168 valence electrons. The van der Waals surface area contributed by atoms with Crippen LogP contribution < -0.4 is 10.2 Å². The molecule has 0 radical (unpaired) electrons.